The van der Waals surface area contributed by atoms with Crippen LogP contribution in [0, 0.1) is 0 Å². The molecule has 0 atom stereocenters. The molecule has 7 aromatic carbocycles. The van der Waals surface area contributed by atoms with Crippen molar-refractivity contribution >= 4 is 39.0 Å². The maximum absolute atomic E-state index is 14.8. The number of hydrogen-bond acceptors (Lipinski definition) is 5. The summed E-state index contributed by atoms with van der Waals surface area (Å²) < 4.78 is 1.91. The molecule has 10 rings (SSSR count). The van der Waals surface area contributed by atoms with Gasteiger partial charge in [-0.2, -0.15) is 9.97 Å². The fraction of sp³-hybridized carbons (Fsp3) is 0. The van der Waals surface area contributed by atoms with Crippen molar-refractivity contribution in [3.63, 3.8) is 0 Å². The number of rotatable bonds is 3. The minimum atomic E-state index is -0.0622. The number of fused-ring (bicyclic) bond motifs is 8. The van der Waals surface area contributed by atoms with E-state index in [2.05, 4.69) is 53.4 Å². The summed E-state index contributed by atoms with van der Waals surface area (Å²) in [6.07, 6.45) is 0. The van der Waals surface area contributed by atoms with E-state index in [1.807, 2.05) is 132 Å². The third kappa shape index (κ3) is 4.66. The second-order valence-electron chi connectivity index (χ2n) is 12.8. The normalized spacial score (nSPS) is 11.9. The van der Waals surface area contributed by atoms with Gasteiger partial charge in [0.05, 0.1) is 22.6 Å². The van der Waals surface area contributed by atoms with Crippen LogP contribution in [0.2, 0.25) is 0 Å². The molecule has 0 radical (unpaired) electrons. The molecular weight excluding hydrogens is 639 g/mol. The van der Waals surface area contributed by atoms with Gasteiger partial charge in [-0.15, -0.1) is 0 Å². The van der Waals surface area contributed by atoms with E-state index in [0.717, 1.165) is 66.7 Å². The van der Waals surface area contributed by atoms with Gasteiger partial charge in [-0.05, 0) is 29.7 Å². The van der Waals surface area contributed by atoms with Crippen LogP contribution in [-0.4, -0.2) is 19.5 Å². The number of pyridine rings is 1. The summed E-state index contributed by atoms with van der Waals surface area (Å²) >= 11 is 0. The Labute approximate surface area is 299 Å². The third-order valence-electron chi connectivity index (χ3n) is 9.81. The van der Waals surface area contributed by atoms with Crippen molar-refractivity contribution in [1.29, 1.82) is 0 Å². The summed E-state index contributed by atoms with van der Waals surface area (Å²) in [5.74, 6) is 1.62. The number of nitrogens with zero attached hydrogens (tertiary/aromatic N) is 5. The number of hydrogen-bond donors (Lipinski definition) is 0. The van der Waals surface area contributed by atoms with E-state index >= 15 is 0 Å². The molecule has 0 bridgehead atoms. The van der Waals surface area contributed by atoms with E-state index < -0.39 is 0 Å². The van der Waals surface area contributed by atoms with Gasteiger partial charge in [0.25, 0.3) is 5.56 Å². The Hall–Kier alpha value is -7.18. The number of anilines is 3. The molecule has 244 valence electrons. The van der Waals surface area contributed by atoms with E-state index in [1.54, 1.807) is 0 Å². The van der Waals surface area contributed by atoms with E-state index in [0.29, 0.717) is 23.0 Å². The molecule has 1 aliphatic heterocycles. The molecule has 3 heterocycles. The van der Waals surface area contributed by atoms with Crippen molar-refractivity contribution in [2.24, 2.45) is 0 Å². The maximum Gasteiger partial charge on any atom is 0.263 e. The Balaban J connectivity index is 1.38. The third-order valence-corrected chi connectivity index (χ3v) is 9.81. The average Bonchev–Trinajstić information content (AvgIpc) is 3.22. The molecule has 0 fully saturated rings. The van der Waals surface area contributed by atoms with Crippen LogP contribution in [0.15, 0.2) is 181 Å². The van der Waals surface area contributed by atoms with Gasteiger partial charge in [-0.1, -0.05) is 152 Å². The van der Waals surface area contributed by atoms with Gasteiger partial charge < -0.3 is 0 Å². The molecule has 2 aromatic heterocycles. The van der Waals surface area contributed by atoms with Crippen LogP contribution in [-0.2, 0) is 0 Å². The van der Waals surface area contributed by atoms with Gasteiger partial charge in [0, 0.05) is 44.2 Å². The highest BCUT2D eigenvalue weighted by Crippen LogP contribution is 2.48. The van der Waals surface area contributed by atoms with Gasteiger partial charge >= 0.3 is 0 Å². The highest BCUT2D eigenvalue weighted by atomic mass is 16.1. The molecule has 0 spiro atoms. The van der Waals surface area contributed by atoms with Gasteiger partial charge in [-0.3, -0.25) is 14.3 Å². The largest absolute Gasteiger partial charge is 0.278 e. The van der Waals surface area contributed by atoms with Crippen molar-refractivity contribution in [3.8, 4) is 50.7 Å². The lowest BCUT2D eigenvalue weighted by molar-refractivity contribution is 1.02. The Bertz CT molecular complexity index is 2830. The van der Waals surface area contributed by atoms with Crippen LogP contribution >= 0.6 is 0 Å². The Morgan fingerprint density at radius 1 is 0.365 bits per heavy atom. The van der Waals surface area contributed by atoms with Gasteiger partial charge in [-0.25, -0.2) is 4.98 Å². The van der Waals surface area contributed by atoms with Crippen molar-refractivity contribution < 1.29 is 0 Å². The first-order valence-electron chi connectivity index (χ1n) is 17.3. The van der Waals surface area contributed by atoms with Crippen LogP contribution in [0.25, 0.3) is 72.4 Å². The number of aromatic nitrogens is 4. The minimum absolute atomic E-state index is 0.0622. The molecule has 0 amide bonds. The smallest absolute Gasteiger partial charge is 0.263 e. The van der Waals surface area contributed by atoms with Crippen molar-refractivity contribution in [3.05, 3.63) is 186 Å². The summed E-state index contributed by atoms with van der Waals surface area (Å²) in [5, 5.41) is 2.59. The highest BCUT2D eigenvalue weighted by Gasteiger charge is 2.28. The number of benzene rings is 7. The van der Waals surface area contributed by atoms with Crippen molar-refractivity contribution in [2.45, 2.75) is 0 Å². The summed E-state index contributed by atoms with van der Waals surface area (Å²) in [6.45, 7) is 0. The lowest BCUT2D eigenvalue weighted by Crippen LogP contribution is -2.22. The topological polar surface area (TPSA) is 63.9 Å². The lowest BCUT2D eigenvalue weighted by Gasteiger charge is -2.30. The quantitative estimate of drug-likeness (QED) is 0.176. The van der Waals surface area contributed by atoms with E-state index in [1.165, 1.54) is 0 Å². The Morgan fingerprint density at radius 2 is 0.808 bits per heavy atom. The Morgan fingerprint density at radius 3 is 1.42 bits per heavy atom. The summed E-state index contributed by atoms with van der Waals surface area (Å²) in [5.41, 5.74) is 8.82. The molecule has 0 unspecified atom stereocenters. The molecule has 6 heteroatoms. The SMILES string of the molecule is O=c1c2ccccc2c2cccc3c2n1-c1ccccc1-c1ccccc1N(c1nc(-c2ccccc2)nc(-c2ccccc2)n1)c1ccccc1-3. The number of para-hydroxylation sites is 4. The van der Waals surface area contributed by atoms with Crippen LogP contribution in [0.5, 0.6) is 0 Å². The van der Waals surface area contributed by atoms with Crippen LogP contribution in [0.1, 0.15) is 0 Å². The molecule has 52 heavy (non-hydrogen) atoms. The van der Waals surface area contributed by atoms with E-state index in [9.17, 15) is 4.79 Å². The first-order chi connectivity index (χ1) is 25.7. The molecule has 0 N–H and O–H groups in total. The molecule has 6 nitrogen and oxygen atoms in total. The summed E-state index contributed by atoms with van der Waals surface area (Å²) in [7, 11) is 0. The van der Waals surface area contributed by atoms with Crippen LogP contribution in [0.4, 0.5) is 17.3 Å². The van der Waals surface area contributed by atoms with Gasteiger partial charge in [0.2, 0.25) is 5.95 Å². The standard InChI is InChI=1S/C46H29N5O/c52-45-38-24-8-7-20-32(38)36-25-15-26-37-35-23-11-13-28-40(35)50(39-27-12-9-21-33(39)34-22-10-14-29-41(34)51(45)42(36)37)46-48-43(30-16-3-1-4-17-30)47-44(49-46)31-18-5-2-6-19-31/h1-29H. The fourth-order valence-corrected chi connectivity index (χ4v) is 7.51. The fourth-order valence-electron chi connectivity index (χ4n) is 7.51. The first-order valence-corrected chi connectivity index (χ1v) is 17.3. The molecule has 9 aromatic rings. The first kappa shape index (κ1) is 29.7. The second-order valence-corrected chi connectivity index (χ2v) is 12.8. The summed E-state index contributed by atoms with van der Waals surface area (Å²) in [6, 6.07) is 59.0. The van der Waals surface area contributed by atoms with Gasteiger partial charge in [0.15, 0.2) is 11.6 Å². The monoisotopic (exact) mass is 667 g/mol. The highest BCUT2D eigenvalue weighted by molar-refractivity contribution is 6.12. The van der Waals surface area contributed by atoms with Gasteiger partial charge in [0.1, 0.15) is 0 Å². The zero-order valence-corrected chi connectivity index (χ0v) is 27.9. The molecular formula is C46H29N5O. The molecule has 1 aliphatic rings. The van der Waals surface area contributed by atoms with E-state index in [-0.39, 0.29) is 5.56 Å². The molecule has 0 saturated carbocycles. The predicted molar refractivity (Wildman–Crippen MR) is 210 cm³/mol. The van der Waals surface area contributed by atoms with Crippen LogP contribution < -0.4 is 10.5 Å². The molecule has 0 aliphatic carbocycles. The maximum atomic E-state index is 14.8. The Kier molecular flexibility index (Phi) is 6.86. The van der Waals surface area contributed by atoms with Crippen molar-refractivity contribution in [1.82, 2.24) is 19.5 Å². The average molecular weight is 668 g/mol. The lowest BCUT2D eigenvalue weighted by atomic mass is 9.93. The second kappa shape index (κ2) is 12.0. The van der Waals surface area contributed by atoms with Crippen LogP contribution in [0.3, 0.4) is 0 Å². The predicted octanol–water partition coefficient (Wildman–Crippen LogP) is 10.8. The molecule has 0 saturated heterocycles. The summed E-state index contributed by atoms with van der Waals surface area (Å²) in [4.78, 5) is 32.4. The van der Waals surface area contributed by atoms with E-state index in [4.69, 9.17) is 15.0 Å². The van der Waals surface area contributed by atoms with Crippen molar-refractivity contribution in [2.75, 3.05) is 4.90 Å². The minimum Gasteiger partial charge on any atom is -0.278 e. The zero-order valence-electron chi connectivity index (χ0n) is 27.9. The zero-order chi connectivity index (χ0) is 34.6.